The molecule has 1 atom stereocenters. The lowest BCUT2D eigenvalue weighted by Gasteiger charge is -2.41. The molecule has 6 nitrogen and oxygen atoms in total. The fourth-order valence-electron chi connectivity index (χ4n) is 3.29. The third-order valence-electron chi connectivity index (χ3n) is 4.99. The number of rotatable bonds is 4. The molecule has 0 aliphatic carbocycles. The second-order valence-corrected chi connectivity index (χ2v) is 6.95. The standard InChI is InChI=1S/C19H19F3N4O2/c1-3-18(2)11-26(10-15(27)25-17-23-7-4-8-24-17)16(28)13-6-5-12(9-14(13)18)19(20,21)22/h4-9H,3,10-11H2,1-2H3,(H,23,24,25,27). The summed E-state index contributed by atoms with van der Waals surface area (Å²) in [6, 6.07) is 4.74. The molecule has 0 spiro atoms. The minimum atomic E-state index is -4.49. The number of hydrogen-bond donors (Lipinski definition) is 1. The van der Waals surface area contributed by atoms with Gasteiger partial charge in [0.2, 0.25) is 11.9 Å². The fourth-order valence-corrected chi connectivity index (χ4v) is 3.29. The predicted molar refractivity (Wildman–Crippen MR) is 95.7 cm³/mol. The van der Waals surface area contributed by atoms with Gasteiger partial charge in [0.1, 0.15) is 6.54 Å². The van der Waals surface area contributed by atoms with Crippen LogP contribution < -0.4 is 5.32 Å². The van der Waals surface area contributed by atoms with E-state index in [0.717, 1.165) is 12.1 Å². The van der Waals surface area contributed by atoms with Crippen molar-refractivity contribution in [3.63, 3.8) is 0 Å². The van der Waals surface area contributed by atoms with Crippen LogP contribution in [0.4, 0.5) is 19.1 Å². The quantitative estimate of drug-likeness (QED) is 0.867. The van der Waals surface area contributed by atoms with Crippen molar-refractivity contribution >= 4 is 17.8 Å². The van der Waals surface area contributed by atoms with E-state index in [-0.39, 0.29) is 24.6 Å². The number of nitrogens with zero attached hydrogens (tertiary/aromatic N) is 3. The average Bonchev–Trinajstić information content (AvgIpc) is 2.65. The fraction of sp³-hybridized carbons (Fsp3) is 0.368. The molecule has 9 heteroatoms. The molecule has 0 radical (unpaired) electrons. The molecule has 2 aromatic rings. The van der Waals surface area contributed by atoms with Crippen molar-refractivity contribution in [3.8, 4) is 0 Å². The Morgan fingerprint density at radius 3 is 2.57 bits per heavy atom. The summed E-state index contributed by atoms with van der Waals surface area (Å²) in [7, 11) is 0. The molecule has 28 heavy (non-hydrogen) atoms. The van der Waals surface area contributed by atoms with Gasteiger partial charge in [-0.15, -0.1) is 0 Å². The summed E-state index contributed by atoms with van der Waals surface area (Å²) in [6.07, 6.45) is -1.04. The summed E-state index contributed by atoms with van der Waals surface area (Å²) >= 11 is 0. The van der Waals surface area contributed by atoms with E-state index in [2.05, 4.69) is 15.3 Å². The predicted octanol–water partition coefficient (Wildman–Crippen LogP) is 3.26. The maximum atomic E-state index is 13.1. The Kier molecular flexibility index (Phi) is 5.10. The molecule has 1 N–H and O–H groups in total. The molecule has 1 aromatic carbocycles. The number of hydrogen-bond acceptors (Lipinski definition) is 4. The van der Waals surface area contributed by atoms with Gasteiger partial charge < -0.3 is 4.90 Å². The molecule has 0 bridgehead atoms. The Balaban J connectivity index is 1.87. The van der Waals surface area contributed by atoms with Crippen LogP contribution in [0.3, 0.4) is 0 Å². The highest BCUT2D eigenvalue weighted by atomic mass is 19.4. The number of alkyl halides is 3. The van der Waals surface area contributed by atoms with Crippen LogP contribution in [0.1, 0.15) is 41.8 Å². The first-order valence-electron chi connectivity index (χ1n) is 8.72. The highest BCUT2D eigenvalue weighted by Gasteiger charge is 2.41. The first-order chi connectivity index (χ1) is 13.1. The van der Waals surface area contributed by atoms with Crippen molar-refractivity contribution < 1.29 is 22.8 Å². The molecule has 0 saturated carbocycles. The van der Waals surface area contributed by atoms with Crippen molar-refractivity contribution in [1.29, 1.82) is 0 Å². The van der Waals surface area contributed by atoms with Crippen molar-refractivity contribution in [3.05, 3.63) is 53.3 Å². The number of nitrogens with one attached hydrogen (secondary N) is 1. The Labute approximate surface area is 159 Å². The normalized spacial score (nSPS) is 19.3. The number of aromatic nitrogens is 2. The number of anilines is 1. The van der Waals surface area contributed by atoms with Crippen LogP contribution in [0, 0.1) is 0 Å². The van der Waals surface area contributed by atoms with Crippen molar-refractivity contribution in [2.24, 2.45) is 0 Å². The van der Waals surface area contributed by atoms with E-state index in [1.807, 2.05) is 6.92 Å². The number of halogens is 3. The molecule has 1 aliphatic rings. The van der Waals surface area contributed by atoms with Crippen LogP contribution in [-0.4, -0.2) is 39.8 Å². The van der Waals surface area contributed by atoms with Crippen molar-refractivity contribution in [1.82, 2.24) is 14.9 Å². The minimum Gasteiger partial charge on any atom is -0.328 e. The Morgan fingerprint density at radius 1 is 1.29 bits per heavy atom. The average molecular weight is 392 g/mol. The SMILES string of the molecule is CCC1(C)CN(CC(=O)Nc2ncccn2)C(=O)c2ccc(C(F)(F)F)cc21. The summed E-state index contributed by atoms with van der Waals surface area (Å²) < 4.78 is 39.3. The smallest absolute Gasteiger partial charge is 0.328 e. The lowest BCUT2D eigenvalue weighted by molar-refractivity contribution is -0.137. The molecule has 2 heterocycles. The maximum Gasteiger partial charge on any atom is 0.416 e. The topological polar surface area (TPSA) is 75.2 Å². The van der Waals surface area contributed by atoms with E-state index >= 15 is 0 Å². The van der Waals surface area contributed by atoms with E-state index in [4.69, 9.17) is 0 Å². The van der Waals surface area contributed by atoms with Crippen LogP contribution in [-0.2, 0) is 16.4 Å². The summed E-state index contributed by atoms with van der Waals surface area (Å²) in [4.78, 5) is 34.2. The zero-order chi connectivity index (χ0) is 20.5. The molecule has 0 fully saturated rings. The van der Waals surface area contributed by atoms with Crippen LogP contribution in [0.2, 0.25) is 0 Å². The molecular weight excluding hydrogens is 373 g/mol. The number of carbonyl (C=O) groups is 2. The Morgan fingerprint density at radius 2 is 1.96 bits per heavy atom. The molecular formula is C19H19F3N4O2. The number of fused-ring (bicyclic) bond motifs is 1. The van der Waals surface area contributed by atoms with Gasteiger partial charge in [0, 0.05) is 29.9 Å². The van der Waals surface area contributed by atoms with E-state index in [9.17, 15) is 22.8 Å². The lowest BCUT2D eigenvalue weighted by Crippen LogP contribution is -2.50. The molecule has 3 rings (SSSR count). The molecule has 148 valence electrons. The second-order valence-electron chi connectivity index (χ2n) is 6.95. The van der Waals surface area contributed by atoms with Gasteiger partial charge in [0.25, 0.3) is 5.91 Å². The third kappa shape index (κ3) is 3.83. The summed E-state index contributed by atoms with van der Waals surface area (Å²) in [5.74, 6) is -0.836. The van der Waals surface area contributed by atoms with E-state index in [1.165, 1.54) is 23.4 Å². The van der Waals surface area contributed by atoms with Gasteiger partial charge in [-0.05, 0) is 36.2 Å². The molecule has 1 unspecified atom stereocenters. The Bertz CT molecular complexity index is 902. The lowest BCUT2D eigenvalue weighted by atomic mass is 9.74. The van der Waals surface area contributed by atoms with E-state index in [1.54, 1.807) is 13.0 Å². The second kappa shape index (κ2) is 7.21. The number of carbonyl (C=O) groups excluding carboxylic acids is 2. The first-order valence-corrected chi connectivity index (χ1v) is 8.72. The van der Waals surface area contributed by atoms with Crippen LogP contribution in [0.25, 0.3) is 0 Å². The molecule has 1 aromatic heterocycles. The van der Waals surface area contributed by atoms with Gasteiger partial charge in [0.15, 0.2) is 0 Å². The van der Waals surface area contributed by atoms with E-state index in [0.29, 0.717) is 12.0 Å². The van der Waals surface area contributed by atoms with Gasteiger partial charge >= 0.3 is 6.18 Å². The monoisotopic (exact) mass is 392 g/mol. The van der Waals surface area contributed by atoms with E-state index < -0.39 is 29.0 Å². The highest BCUT2D eigenvalue weighted by molar-refractivity contribution is 6.01. The van der Waals surface area contributed by atoms with Crippen LogP contribution >= 0.6 is 0 Å². The maximum absolute atomic E-state index is 13.1. The van der Waals surface area contributed by atoms with Gasteiger partial charge in [-0.1, -0.05) is 13.8 Å². The first kappa shape index (κ1) is 19.8. The van der Waals surface area contributed by atoms with Crippen molar-refractivity contribution in [2.45, 2.75) is 31.9 Å². The highest BCUT2D eigenvalue weighted by Crippen LogP contribution is 2.39. The number of benzene rings is 1. The molecule has 0 saturated heterocycles. The minimum absolute atomic E-state index is 0.116. The summed E-state index contributed by atoms with van der Waals surface area (Å²) in [6.45, 7) is 3.53. The number of amides is 2. The zero-order valence-electron chi connectivity index (χ0n) is 15.4. The Hall–Kier alpha value is -2.97. The third-order valence-corrected chi connectivity index (χ3v) is 4.99. The van der Waals surface area contributed by atoms with Gasteiger partial charge in [-0.2, -0.15) is 13.2 Å². The largest absolute Gasteiger partial charge is 0.416 e. The van der Waals surface area contributed by atoms with Crippen molar-refractivity contribution in [2.75, 3.05) is 18.4 Å². The van der Waals surface area contributed by atoms with Gasteiger partial charge in [0.05, 0.1) is 5.56 Å². The summed E-state index contributed by atoms with van der Waals surface area (Å²) in [5, 5.41) is 2.50. The van der Waals surface area contributed by atoms with Crippen LogP contribution in [0.5, 0.6) is 0 Å². The van der Waals surface area contributed by atoms with Gasteiger partial charge in [-0.25, -0.2) is 9.97 Å². The molecule has 2 amide bonds. The van der Waals surface area contributed by atoms with Gasteiger partial charge in [-0.3, -0.25) is 14.9 Å². The summed E-state index contributed by atoms with van der Waals surface area (Å²) in [5.41, 5.74) is -0.940. The zero-order valence-corrected chi connectivity index (χ0v) is 15.4. The van der Waals surface area contributed by atoms with Crippen LogP contribution in [0.15, 0.2) is 36.7 Å². The molecule has 1 aliphatic heterocycles.